The van der Waals surface area contributed by atoms with E-state index in [4.69, 9.17) is 4.74 Å². The lowest BCUT2D eigenvalue weighted by atomic mass is 9.68. The van der Waals surface area contributed by atoms with E-state index in [-0.39, 0.29) is 23.5 Å². The van der Waals surface area contributed by atoms with Crippen LogP contribution in [-0.4, -0.2) is 23.3 Å². The molecule has 1 N–H and O–H groups in total. The van der Waals surface area contributed by atoms with E-state index in [0.717, 1.165) is 5.70 Å². The molecular formula is C21H24N2O5. The van der Waals surface area contributed by atoms with Crippen LogP contribution in [-0.2, 0) is 14.3 Å². The molecular weight excluding hydrogens is 360 g/mol. The van der Waals surface area contributed by atoms with Gasteiger partial charge in [-0.05, 0) is 31.2 Å². The number of nitro benzene ring substituents is 1. The summed E-state index contributed by atoms with van der Waals surface area (Å²) in [5.74, 6) is -1.25. The number of benzene rings is 1. The largest absolute Gasteiger partial charge is 0.463 e. The Morgan fingerprint density at radius 1 is 1.36 bits per heavy atom. The van der Waals surface area contributed by atoms with Crippen LogP contribution in [0.25, 0.3) is 0 Å². The fourth-order valence-electron chi connectivity index (χ4n) is 4.07. The molecule has 0 bridgehead atoms. The second-order valence-electron chi connectivity index (χ2n) is 8.00. The van der Waals surface area contributed by atoms with E-state index in [1.54, 1.807) is 26.0 Å². The second kappa shape index (κ2) is 7.22. The summed E-state index contributed by atoms with van der Waals surface area (Å²) in [6.45, 7) is 7.74. The van der Waals surface area contributed by atoms with Crippen LogP contribution in [0.1, 0.15) is 52.0 Å². The summed E-state index contributed by atoms with van der Waals surface area (Å²) in [7, 11) is 0. The molecule has 1 atom stereocenters. The monoisotopic (exact) mass is 384 g/mol. The smallest absolute Gasteiger partial charge is 0.336 e. The van der Waals surface area contributed by atoms with Crippen molar-refractivity contribution in [2.75, 3.05) is 6.61 Å². The van der Waals surface area contributed by atoms with Gasteiger partial charge in [0.15, 0.2) is 5.78 Å². The number of allylic oxidation sites excluding steroid dienone is 3. The molecule has 7 nitrogen and oxygen atoms in total. The Labute approximate surface area is 163 Å². The second-order valence-corrected chi connectivity index (χ2v) is 8.00. The average Bonchev–Trinajstić information content (AvgIpc) is 2.59. The standard InChI is InChI=1S/C21H24N2O5/c1-5-28-20(25)17-12(2)22-15-10-21(3,4)11-16(24)19(15)18(17)13-7-6-8-14(9-13)23(26)27/h6-9,18,22H,5,10-11H2,1-4H3/t18-/m1/s1. The van der Waals surface area contributed by atoms with E-state index in [1.807, 2.05) is 13.8 Å². The van der Waals surface area contributed by atoms with Gasteiger partial charge in [-0.3, -0.25) is 14.9 Å². The van der Waals surface area contributed by atoms with Crippen molar-refractivity contribution in [2.24, 2.45) is 5.41 Å². The predicted molar refractivity (Wildman–Crippen MR) is 103 cm³/mol. The SMILES string of the molecule is CCOC(=O)C1=C(C)NC2=C(C(=O)CC(C)(C)C2)[C@@H]1c1cccc([N+](=O)[O-])c1. The fraction of sp³-hybridized carbons (Fsp3) is 0.429. The number of carbonyl (C=O) groups excluding carboxylic acids is 2. The number of rotatable bonds is 4. The average molecular weight is 384 g/mol. The predicted octanol–water partition coefficient (Wildman–Crippen LogP) is 3.76. The molecule has 7 heteroatoms. The van der Waals surface area contributed by atoms with Gasteiger partial charge in [-0.1, -0.05) is 26.0 Å². The summed E-state index contributed by atoms with van der Waals surface area (Å²) in [6, 6.07) is 6.12. The molecule has 1 aromatic carbocycles. The molecule has 0 radical (unpaired) electrons. The molecule has 3 rings (SSSR count). The molecule has 0 amide bonds. The van der Waals surface area contributed by atoms with E-state index >= 15 is 0 Å². The van der Waals surface area contributed by atoms with Gasteiger partial charge in [0.2, 0.25) is 0 Å². The van der Waals surface area contributed by atoms with Crippen molar-refractivity contribution in [3.8, 4) is 0 Å². The van der Waals surface area contributed by atoms with Crippen LogP contribution in [0.4, 0.5) is 5.69 Å². The van der Waals surface area contributed by atoms with Gasteiger partial charge in [0.1, 0.15) is 0 Å². The maximum atomic E-state index is 13.1. The first-order chi connectivity index (χ1) is 13.1. The Hall–Kier alpha value is -2.96. The minimum atomic E-state index is -0.682. The molecule has 28 heavy (non-hydrogen) atoms. The molecule has 0 spiro atoms. The van der Waals surface area contributed by atoms with Gasteiger partial charge in [0.25, 0.3) is 5.69 Å². The van der Waals surface area contributed by atoms with Crippen LogP contribution in [0.15, 0.2) is 46.8 Å². The van der Waals surface area contributed by atoms with Gasteiger partial charge in [-0.15, -0.1) is 0 Å². The number of nitro groups is 1. The molecule has 0 saturated heterocycles. The molecule has 1 heterocycles. The maximum Gasteiger partial charge on any atom is 0.336 e. The summed E-state index contributed by atoms with van der Waals surface area (Å²) >= 11 is 0. The molecule has 0 aromatic heterocycles. The third kappa shape index (κ3) is 3.56. The third-order valence-corrected chi connectivity index (χ3v) is 5.15. The lowest BCUT2D eigenvalue weighted by Crippen LogP contribution is -2.38. The highest BCUT2D eigenvalue weighted by Crippen LogP contribution is 2.47. The molecule has 0 unspecified atom stereocenters. The van der Waals surface area contributed by atoms with Crippen molar-refractivity contribution in [3.05, 3.63) is 62.5 Å². The number of ether oxygens (including phenoxy) is 1. The highest BCUT2D eigenvalue weighted by Gasteiger charge is 2.43. The summed E-state index contributed by atoms with van der Waals surface area (Å²) in [5, 5.41) is 14.5. The van der Waals surface area contributed by atoms with Crippen LogP contribution in [0.3, 0.4) is 0 Å². The number of nitrogens with zero attached hydrogens (tertiary/aromatic N) is 1. The number of non-ortho nitro benzene ring substituents is 1. The Bertz CT molecular complexity index is 926. The molecule has 1 aliphatic heterocycles. The van der Waals surface area contributed by atoms with Gasteiger partial charge in [0.05, 0.1) is 17.1 Å². The zero-order valence-electron chi connectivity index (χ0n) is 16.5. The van der Waals surface area contributed by atoms with Gasteiger partial charge in [-0.25, -0.2) is 4.79 Å². The van der Waals surface area contributed by atoms with Gasteiger partial charge in [-0.2, -0.15) is 0 Å². The van der Waals surface area contributed by atoms with E-state index in [0.29, 0.717) is 35.2 Å². The number of hydrogen-bond acceptors (Lipinski definition) is 6. The third-order valence-electron chi connectivity index (χ3n) is 5.15. The maximum absolute atomic E-state index is 13.1. The number of dihydropyridines is 1. The fourth-order valence-corrected chi connectivity index (χ4v) is 4.07. The lowest BCUT2D eigenvalue weighted by Gasteiger charge is -2.39. The first-order valence-electron chi connectivity index (χ1n) is 9.30. The summed E-state index contributed by atoms with van der Waals surface area (Å²) in [6.07, 6.45) is 1.01. The van der Waals surface area contributed by atoms with E-state index in [2.05, 4.69) is 5.32 Å². The van der Waals surface area contributed by atoms with Crippen molar-refractivity contribution in [1.82, 2.24) is 5.32 Å². The van der Waals surface area contributed by atoms with Crippen LogP contribution < -0.4 is 5.32 Å². The van der Waals surface area contributed by atoms with Crippen LogP contribution in [0.5, 0.6) is 0 Å². The Morgan fingerprint density at radius 3 is 2.71 bits per heavy atom. The topological polar surface area (TPSA) is 98.5 Å². The van der Waals surface area contributed by atoms with Crippen LogP contribution >= 0.6 is 0 Å². The van der Waals surface area contributed by atoms with E-state index in [1.165, 1.54) is 12.1 Å². The number of esters is 1. The first kappa shape index (κ1) is 19.8. The van der Waals surface area contributed by atoms with E-state index < -0.39 is 16.8 Å². The molecule has 148 valence electrons. The highest BCUT2D eigenvalue weighted by molar-refractivity contribution is 6.04. The quantitative estimate of drug-likeness (QED) is 0.482. The normalized spacial score (nSPS) is 21.1. The minimum absolute atomic E-state index is 0.0513. The molecule has 1 aliphatic carbocycles. The number of hydrogen-bond donors (Lipinski definition) is 1. The first-order valence-corrected chi connectivity index (χ1v) is 9.30. The zero-order chi connectivity index (χ0) is 20.6. The number of Topliss-reactive ketones (excluding diaryl/α,β-unsaturated/α-hetero) is 1. The van der Waals surface area contributed by atoms with Crippen molar-refractivity contribution in [2.45, 2.75) is 46.5 Å². The number of ketones is 1. The minimum Gasteiger partial charge on any atom is -0.463 e. The summed E-state index contributed by atoms with van der Waals surface area (Å²) in [4.78, 5) is 36.6. The number of carbonyl (C=O) groups is 2. The summed E-state index contributed by atoms with van der Waals surface area (Å²) < 4.78 is 5.23. The zero-order valence-corrected chi connectivity index (χ0v) is 16.5. The molecule has 0 saturated carbocycles. The molecule has 1 aromatic rings. The lowest BCUT2D eigenvalue weighted by molar-refractivity contribution is -0.384. The van der Waals surface area contributed by atoms with Crippen molar-refractivity contribution in [3.63, 3.8) is 0 Å². The van der Waals surface area contributed by atoms with Gasteiger partial charge >= 0.3 is 5.97 Å². The van der Waals surface area contributed by atoms with Crippen molar-refractivity contribution >= 4 is 17.4 Å². The van der Waals surface area contributed by atoms with Crippen molar-refractivity contribution in [1.29, 1.82) is 0 Å². The summed E-state index contributed by atoms with van der Waals surface area (Å²) in [5.41, 5.74) is 2.49. The Morgan fingerprint density at radius 2 is 2.07 bits per heavy atom. The molecule has 2 aliphatic rings. The Kier molecular flexibility index (Phi) is 5.10. The Balaban J connectivity index is 2.21. The van der Waals surface area contributed by atoms with Gasteiger partial charge < -0.3 is 10.1 Å². The van der Waals surface area contributed by atoms with E-state index in [9.17, 15) is 19.7 Å². The van der Waals surface area contributed by atoms with Gasteiger partial charge in [0, 0.05) is 41.4 Å². The number of nitrogens with one attached hydrogen (secondary N) is 1. The highest BCUT2D eigenvalue weighted by atomic mass is 16.6. The van der Waals surface area contributed by atoms with Crippen molar-refractivity contribution < 1.29 is 19.2 Å². The van der Waals surface area contributed by atoms with Crippen LogP contribution in [0, 0.1) is 15.5 Å². The molecule has 0 fully saturated rings. The van der Waals surface area contributed by atoms with Crippen LogP contribution in [0.2, 0.25) is 0 Å².